The van der Waals surface area contributed by atoms with Crippen molar-refractivity contribution in [1.29, 1.82) is 0 Å². The van der Waals surface area contributed by atoms with Crippen molar-refractivity contribution in [1.82, 2.24) is 36.0 Å². The molecule has 4 fully saturated rings. The molecule has 4 aliphatic rings. The van der Waals surface area contributed by atoms with Gasteiger partial charge in [0.05, 0.1) is 6.10 Å². The first-order valence-electron chi connectivity index (χ1n) is 23.1. The van der Waals surface area contributed by atoms with E-state index in [0.717, 1.165) is 51.4 Å². The number of carbonyl (C=O) groups excluding carboxylic acids is 7. The van der Waals surface area contributed by atoms with Gasteiger partial charge in [-0.2, -0.15) is 11.8 Å². The van der Waals surface area contributed by atoms with Crippen LogP contribution in [0.4, 0.5) is 0 Å². The number of rotatable bonds is 20. The van der Waals surface area contributed by atoms with Gasteiger partial charge in [0.1, 0.15) is 30.2 Å². The molecule has 0 spiro atoms. The molecule has 0 aromatic carbocycles. The van der Waals surface area contributed by atoms with Gasteiger partial charge < -0.3 is 41.1 Å². The minimum atomic E-state index is -1.19. The first kappa shape index (κ1) is 49.3. The third-order valence-corrected chi connectivity index (χ3v) is 13.6. The fraction of sp³-hybridized carbons (Fsp3) is 0.841. The van der Waals surface area contributed by atoms with Crippen LogP contribution < -0.4 is 21.3 Å². The van der Waals surface area contributed by atoms with Crippen molar-refractivity contribution in [2.24, 2.45) is 11.8 Å². The average molecular weight is 862 g/mol. The maximum absolute atomic E-state index is 14.6. The van der Waals surface area contributed by atoms with E-state index in [-0.39, 0.29) is 37.1 Å². The number of aliphatic hydroxyl groups is 1. The lowest BCUT2D eigenvalue weighted by molar-refractivity contribution is -0.147. The highest BCUT2D eigenvalue weighted by atomic mass is 32.2. The van der Waals surface area contributed by atoms with Gasteiger partial charge in [0.2, 0.25) is 41.4 Å². The maximum atomic E-state index is 14.6. The molecule has 3 aliphatic heterocycles. The Bertz CT molecular complexity index is 1440. The lowest BCUT2D eigenvalue weighted by Crippen LogP contribution is -2.61. The van der Waals surface area contributed by atoms with Crippen molar-refractivity contribution in [3.63, 3.8) is 0 Å². The van der Waals surface area contributed by atoms with Gasteiger partial charge >= 0.3 is 0 Å². The van der Waals surface area contributed by atoms with E-state index in [1.807, 2.05) is 18.1 Å². The molecule has 15 nitrogen and oxygen atoms in total. The first-order chi connectivity index (χ1) is 28.9. The molecule has 7 amide bonds. The van der Waals surface area contributed by atoms with E-state index in [9.17, 15) is 38.7 Å². The zero-order chi connectivity index (χ0) is 43.6. The average Bonchev–Trinajstić information content (AvgIpc) is 3.59. The highest BCUT2D eigenvalue weighted by Gasteiger charge is 2.42. The van der Waals surface area contributed by atoms with E-state index in [2.05, 4.69) is 28.2 Å². The van der Waals surface area contributed by atoms with E-state index in [1.54, 1.807) is 0 Å². The van der Waals surface area contributed by atoms with Gasteiger partial charge in [0.15, 0.2) is 0 Å². The molecule has 5 N–H and O–H groups in total. The molecular weight excluding hydrogens is 787 g/mol. The smallest absolute Gasteiger partial charge is 0.245 e. The summed E-state index contributed by atoms with van der Waals surface area (Å²) in [5.74, 6) is -1.42. The lowest BCUT2D eigenvalue weighted by atomic mass is 9.79. The molecule has 0 radical (unpaired) electrons. The number of nitrogens with zero attached hydrogens (tertiary/aromatic N) is 3. The topological polar surface area (TPSA) is 198 Å². The number of hydrogen-bond donors (Lipinski definition) is 5. The second kappa shape index (κ2) is 25.5. The van der Waals surface area contributed by atoms with Gasteiger partial charge in [-0.1, -0.05) is 58.8 Å². The van der Waals surface area contributed by atoms with Crippen LogP contribution in [-0.2, 0) is 33.6 Å². The van der Waals surface area contributed by atoms with Gasteiger partial charge in [-0.05, 0) is 95.0 Å². The third-order valence-electron chi connectivity index (χ3n) is 13.0. The molecule has 3 saturated heterocycles. The Morgan fingerprint density at radius 2 is 1.23 bits per heavy atom. The summed E-state index contributed by atoms with van der Waals surface area (Å²) in [7, 11) is 0. The Morgan fingerprint density at radius 3 is 1.85 bits per heavy atom. The van der Waals surface area contributed by atoms with E-state index >= 15 is 0 Å². The normalized spacial score (nSPS) is 22.7. The van der Waals surface area contributed by atoms with E-state index in [4.69, 9.17) is 0 Å². The number of thioether (sulfide) groups is 1. The van der Waals surface area contributed by atoms with E-state index in [0.29, 0.717) is 89.2 Å². The van der Waals surface area contributed by atoms with E-state index in [1.165, 1.54) is 34.9 Å². The van der Waals surface area contributed by atoms with Crippen LogP contribution in [0.2, 0.25) is 0 Å². The number of amides is 7. The van der Waals surface area contributed by atoms with Gasteiger partial charge in [0.25, 0.3) is 0 Å². The van der Waals surface area contributed by atoms with Crippen LogP contribution in [-0.4, -0.2) is 142 Å². The Morgan fingerprint density at radius 1 is 0.683 bits per heavy atom. The molecule has 0 aromatic rings. The van der Waals surface area contributed by atoms with Gasteiger partial charge in [0, 0.05) is 45.6 Å². The number of hydrogen-bond acceptors (Lipinski definition) is 9. The number of likely N-dealkylation sites (tertiary alicyclic amines) is 3. The van der Waals surface area contributed by atoms with Gasteiger partial charge in [-0.15, -0.1) is 0 Å². The molecule has 1 saturated carbocycles. The largest absolute Gasteiger partial charge is 0.391 e. The molecule has 3 heterocycles. The Hall–Kier alpha value is -3.40. The second-order valence-electron chi connectivity index (χ2n) is 17.6. The lowest BCUT2D eigenvalue weighted by Gasteiger charge is -2.38. The summed E-state index contributed by atoms with van der Waals surface area (Å²) >= 11 is 1.52. The van der Waals surface area contributed by atoms with Crippen LogP contribution in [0.5, 0.6) is 0 Å². The molecule has 4 rings (SSSR count). The molecule has 60 heavy (non-hydrogen) atoms. The highest BCUT2D eigenvalue weighted by molar-refractivity contribution is 7.98. The van der Waals surface area contributed by atoms with Gasteiger partial charge in [-0.25, -0.2) is 0 Å². The quantitative estimate of drug-likeness (QED) is 0.122. The first-order valence-corrected chi connectivity index (χ1v) is 24.5. The number of nitrogens with one attached hydrogen (secondary N) is 4. The Labute approximate surface area is 362 Å². The maximum Gasteiger partial charge on any atom is 0.245 e. The summed E-state index contributed by atoms with van der Waals surface area (Å²) in [5.41, 5.74) is 0. The molecule has 1 aliphatic carbocycles. The summed E-state index contributed by atoms with van der Waals surface area (Å²) in [4.78, 5) is 101. The molecule has 340 valence electrons. The van der Waals surface area contributed by atoms with Crippen molar-refractivity contribution in [3.05, 3.63) is 0 Å². The highest BCUT2D eigenvalue weighted by Crippen LogP contribution is 2.31. The Kier molecular flexibility index (Phi) is 20.9. The van der Waals surface area contributed by atoms with E-state index < -0.39 is 65.8 Å². The zero-order valence-electron chi connectivity index (χ0n) is 36.9. The summed E-state index contributed by atoms with van der Waals surface area (Å²) in [6.07, 6.45) is 14.7. The summed E-state index contributed by atoms with van der Waals surface area (Å²) in [6, 6.07) is -4.91. The molecule has 1 unspecified atom stereocenters. The minimum absolute atomic E-state index is 0.0299. The van der Waals surface area contributed by atoms with Crippen LogP contribution in [0.3, 0.4) is 0 Å². The van der Waals surface area contributed by atoms with Crippen LogP contribution in [0.25, 0.3) is 0 Å². The van der Waals surface area contributed by atoms with Crippen LogP contribution >= 0.6 is 11.8 Å². The monoisotopic (exact) mass is 862 g/mol. The van der Waals surface area contributed by atoms with Crippen LogP contribution in [0, 0.1) is 11.8 Å². The second-order valence-corrected chi connectivity index (χ2v) is 18.6. The SMILES string of the molecule is CCCNC(=O)[C@@H](NC(=O)[C@@H]1CCCN1C(=O)[C@H](CCSC)NC(=O)[C@@H]1CCCCN1C(=O)[C@H](CCC(=O)N1CCCCCC1)NC(=O)C[C@H](C)C1CCCCC1)C(C)O. The fourth-order valence-corrected chi connectivity index (χ4v) is 9.84. The number of aliphatic hydroxyl groups excluding tert-OH is 1. The third kappa shape index (κ3) is 14.6. The molecule has 7 atom stereocenters. The zero-order valence-corrected chi connectivity index (χ0v) is 37.7. The summed E-state index contributed by atoms with van der Waals surface area (Å²) in [5, 5.41) is 21.7. The predicted molar refractivity (Wildman–Crippen MR) is 232 cm³/mol. The van der Waals surface area contributed by atoms with Crippen molar-refractivity contribution in [2.75, 3.05) is 44.7 Å². The predicted octanol–water partition coefficient (Wildman–Crippen LogP) is 3.26. The van der Waals surface area contributed by atoms with Crippen molar-refractivity contribution >= 4 is 53.1 Å². The molecule has 16 heteroatoms. The molecule has 0 bridgehead atoms. The Balaban J connectivity index is 1.48. The number of carbonyl (C=O) groups is 7. The number of piperidine rings is 1. The minimum Gasteiger partial charge on any atom is -0.391 e. The van der Waals surface area contributed by atoms with Crippen LogP contribution in [0.15, 0.2) is 0 Å². The standard InChI is InChI=1S/C44H75N7O8S/c1-5-23-45-42(57)39(31(3)52)48-41(56)36-19-15-27-51(36)44(59)34(22-28-60-4)47-40(55)35-18-11-14-26-50(35)43(58)33(20-21-38(54)49-24-12-6-7-13-25-49)46-37(53)29-30(2)32-16-9-8-10-17-32/h30-36,39,52H,5-29H2,1-4H3,(H,45,57)(H,46,53)(H,47,55)(H,48,56)/t30-,31?,33-,34-,35-,36-,39-/m0/s1. The molecule has 0 aromatic heterocycles. The van der Waals surface area contributed by atoms with Crippen molar-refractivity contribution < 1.29 is 38.7 Å². The van der Waals surface area contributed by atoms with Crippen LogP contribution in [0.1, 0.15) is 143 Å². The fourth-order valence-electron chi connectivity index (χ4n) is 9.36. The molecular formula is C44H75N7O8S. The van der Waals surface area contributed by atoms with Gasteiger partial charge in [-0.3, -0.25) is 33.6 Å². The summed E-state index contributed by atoms with van der Waals surface area (Å²) < 4.78 is 0. The summed E-state index contributed by atoms with van der Waals surface area (Å²) in [6.45, 7) is 7.78. The van der Waals surface area contributed by atoms with Crippen molar-refractivity contribution in [3.8, 4) is 0 Å². The van der Waals surface area contributed by atoms with Crippen molar-refractivity contribution in [2.45, 2.75) is 179 Å².